The molecule has 0 aromatic carbocycles. The second kappa shape index (κ2) is 10.0. The molecule has 2 heterocycles. The van der Waals surface area contributed by atoms with Crippen LogP contribution in [0.2, 0.25) is 0 Å². The average Bonchev–Trinajstić information content (AvgIpc) is 2.72. The fourth-order valence-corrected chi connectivity index (χ4v) is 5.28. The molecular formula is C20H36N6O2S. The highest BCUT2D eigenvalue weighted by Gasteiger charge is 2.23. The molecule has 1 aromatic rings. The molecule has 1 aliphatic carbocycles. The zero-order valence-electron chi connectivity index (χ0n) is 18.1. The van der Waals surface area contributed by atoms with Gasteiger partial charge in [-0.1, -0.05) is 13.8 Å². The van der Waals surface area contributed by atoms with Gasteiger partial charge in [-0.15, -0.1) is 0 Å². The number of aryl methyl sites for hydroxylation is 1. The number of hydrogen-bond acceptors (Lipinski definition) is 7. The van der Waals surface area contributed by atoms with Gasteiger partial charge in [-0.3, -0.25) is 0 Å². The molecule has 2 aliphatic rings. The highest BCUT2D eigenvalue weighted by atomic mass is 32.2. The molecule has 164 valence electrons. The SMILES string of the molecule is CCC(CC)NS(=O)(=O)CCNc1nc(N2CCN(C)CC2)nc2c1CCCC2. The molecule has 0 unspecified atom stereocenters. The fourth-order valence-electron chi connectivity index (χ4n) is 3.95. The quantitative estimate of drug-likeness (QED) is 0.623. The van der Waals surface area contributed by atoms with Gasteiger partial charge in [-0.2, -0.15) is 4.98 Å². The molecule has 0 spiro atoms. The van der Waals surface area contributed by atoms with Gasteiger partial charge in [0.25, 0.3) is 0 Å². The van der Waals surface area contributed by atoms with Gasteiger partial charge in [0.05, 0.1) is 11.4 Å². The lowest BCUT2D eigenvalue weighted by Crippen LogP contribution is -2.45. The monoisotopic (exact) mass is 424 g/mol. The molecule has 1 saturated heterocycles. The number of anilines is 2. The Morgan fingerprint density at radius 3 is 2.41 bits per heavy atom. The lowest BCUT2D eigenvalue weighted by molar-refractivity contribution is 0.311. The summed E-state index contributed by atoms with van der Waals surface area (Å²) in [5.74, 6) is 1.65. The lowest BCUT2D eigenvalue weighted by Gasteiger charge is -2.33. The number of hydrogen-bond donors (Lipinski definition) is 2. The molecule has 2 N–H and O–H groups in total. The Kier molecular flexibility index (Phi) is 7.70. The van der Waals surface area contributed by atoms with Crippen LogP contribution < -0.4 is 14.9 Å². The summed E-state index contributed by atoms with van der Waals surface area (Å²) in [5.41, 5.74) is 2.29. The van der Waals surface area contributed by atoms with Crippen LogP contribution in [0, 0.1) is 0 Å². The van der Waals surface area contributed by atoms with Gasteiger partial charge in [0.1, 0.15) is 5.82 Å². The number of sulfonamides is 1. The molecular weight excluding hydrogens is 388 g/mol. The van der Waals surface area contributed by atoms with Gasteiger partial charge < -0.3 is 15.1 Å². The third kappa shape index (κ3) is 6.02. The van der Waals surface area contributed by atoms with Crippen molar-refractivity contribution in [1.29, 1.82) is 0 Å². The van der Waals surface area contributed by atoms with E-state index in [-0.39, 0.29) is 11.8 Å². The Hall–Kier alpha value is -1.45. The first kappa shape index (κ1) is 22.2. The van der Waals surface area contributed by atoms with Crippen LogP contribution in [0.4, 0.5) is 11.8 Å². The third-order valence-electron chi connectivity index (χ3n) is 5.95. The summed E-state index contributed by atoms with van der Waals surface area (Å²) in [6.45, 7) is 8.20. The molecule has 9 heteroatoms. The highest BCUT2D eigenvalue weighted by Crippen LogP contribution is 2.28. The number of nitrogens with zero attached hydrogens (tertiary/aromatic N) is 4. The molecule has 0 radical (unpaired) electrons. The van der Waals surface area contributed by atoms with E-state index in [9.17, 15) is 8.42 Å². The number of likely N-dealkylation sites (N-methyl/N-ethyl adjacent to an activating group) is 1. The van der Waals surface area contributed by atoms with E-state index in [1.54, 1.807) is 0 Å². The minimum absolute atomic E-state index is 0.00986. The maximum atomic E-state index is 12.4. The Balaban J connectivity index is 1.70. The van der Waals surface area contributed by atoms with Gasteiger partial charge in [0.15, 0.2) is 0 Å². The largest absolute Gasteiger partial charge is 0.369 e. The summed E-state index contributed by atoms with van der Waals surface area (Å²) in [7, 11) is -1.17. The maximum Gasteiger partial charge on any atom is 0.227 e. The molecule has 0 saturated carbocycles. The van der Waals surface area contributed by atoms with E-state index in [4.69, 9.17) is 9.97 Å². The second-order valence-corrected chi connectivity index (χ2v) is 10.0. The van der Waals surface area contributed by atoms with Crippen LogP contribution in [0.1, 0.15) is 50.8 Å². The standard InChI is InChI=1S/C20H36N6O2S/c1-4-16(5-2)24-29(27,28)15-10-21-19-17-8-6-7-9-18(17)22-20(23-19)26-13-11-25(3)12-14-26/h16,24H,4-15H2,1-3H3,(H,21,22,23). The summed E-state index contributed by atoms with van der Waals surface area (Å²) >= 11 is 0. The van der Waals surface area contributed by atoms with Crippen LogP contribution in [0.25, 0.3) is 0 Å². The van der Waals surface area contributed by atoms with Crippen molar-refractivity contribution in [2.45, 2.75) is 58.4 Å². The minimum Gasteiger partial charge on any atom is -0.369 e. The Morgan fingerprint density at radius 1 is 1.03 bits per heavy atom. The molecule has 0 bridgehead atoms. The van der Waals surface area contributed by atoms with Crippen molar-refractivity contribution < 1.29 is 8.42 Å². The van der Waals surface area contributed by atoms with Crippen molar-refractivity contribution in [1.82, 2.24) is 19.6 Å². The summed E-state index contributed by atoms with van der Waals surface area (Å²) in [6.07, 6.45) is 5.82. The van der Waals surface area contributed by atoms with Gasteiger partial charge in [-0.05, 0) is 45.6 Å². The first-order valence-corrected chi connectivity index (χ1v) is 12.6. The van der Waals surface area contributed by atoms with Gasteiger partial charge in [-0.25, -0.2) is 18.1 Å². The van der Waals surface area contributed by atoms with Crippen LogP contribution in [-0.2, 0) is 22.9 Å². The maximum absolute atomic E-state index is 12.4. The smallest absolute Gasteiger partial charge is 0.227 e. The molecule has 3 rings (SSSR count). The van der Waals surface area contributed by atoms with E-state index >= 15 is 0 Å². The molecule has 0 atom stereocenters. The summed E-state index contributed by atoms with van der Waals surface area (Å²) in [4.78, 5) is 14.2. The van der Waals surface area contributed by atoms with Crippen LogP contribution in [0.3, 0.4) is 0 Å². The van der Waals surface area contributed by atoms with Crippen molar-refractivity contribution in [2.24, 2.45) is 0 Å². The molecule has 1 aromatic heterocycles. The van der Waals surface area contributed by atoms with E-state index < -0.39 is 10.0 Å². The van der Waals surface area contributed by atoms with Gasteiger partial charge in [0, 0.05) is 44.3 Å². The molecule has 0 amide bonds. The summed E-state index contributed by atoms with van der Waals surface area (Å²) < 4.78 is 27.6. The second-order valence-electron chi connectivity index (χ2n) is 8.17. The van der Waals surface area contributed by atoms with Crippen molar-refractivity contribution in [3.8, 4) is 0 Å². The molecule has 1 aliphatic heterocycles. The predicted molar refractivity (Wildman–Crippen MR) is 118 cm³/mol. The fraction of sp³-hybridized carbons (Fsp3) is 0.800. The molecule has 8 nitrogen and oxygen atoms in total. The Bertz CT molecular complexity index is 773. The molecule has 29 heavy (non-hydrogen) atoms. The summed E-state index contributed by atoms with van der Waals surface area (Å²) in [5, 5.41) is 3.32. The van der Waals surface area contributed by atoms with E-state index in [2.05, 4.69) is 26.9 Å². The minimum atomic E-state index is -3.30. The number of piperazine rings is 1. The summed E-state index contributed by atoms with van der Waals surface area (Å²) in [6, 6.07) is 0.00986. The van der Waals surface area contributed by atoms with Gasteiger partial charge in [0.2, 0.25) is 16.0 Å². The number of nitrogens with one attached hydrogen (secondary N) is 2. The van der Waals surface area contributed by atoms with Crippen molar-refractivity contribution in [2.75, 3.05) is 55.7 Å². The Labute approximate surface area is 175 Å². The normalized spacial score (nSPS) is 18.1. The van der Waals surface area contributed by atoms with Crippen LogP contribution in [0.15, 0.2) is 0 Å². The van der Waals surface area contributed by atoms with E-state index in [0.717, 1.165) is 82.2 Å². The zero-order valence-corrected chi connectivity index (χ0v) is 18.9. The van der Waals surface area contributed by atoms with Gasteiger partial charge >= 0.3 is 0 Å². The van der Waals surface area contributed by atoms with Crippen molar-refractivity contribution in [3.05, 3.63) is 11.3 Å². The number of fused-ring (bicyclic) bond motifs is 1. The molecule has 1 fully saturated rings. The Morgan fingerprint density at radius 2 is 1.72 bits per heavy atom. The number of rotatable bonds is 9. The van der Waals surface area contributed by atoms with E-state index in [1.165, 1.54) is 5.56 Å². The predicted octanol–water partition coefficient (Wildman–Crippen LogP) is 1.63. The number of aromatic nitrogens is 2. The highest BCUT2D eigenvalue weighted by molar-refractivity contribution is 7.89. The van der Waals surface area contributed by atoms with Crippen LogP contribution >= 0.6 is 0 Å². The van der Waals surface area contributed by atoms with Crippen molar-refractivity contribution in [3.63, 3.8) is 0 Å². The first-order chi connectivity index (χ1) is 13.9. The average molecular weight is 425 g/mol. The van der Waals surface area contributed by atoms with Crippen LogP contribution in [0.5, 0.6) is 0 Å². The van der Waals surface area contributed by atoms with Crippen molar-refractivity contribution >= 4 is 21.8 Å². The lowest BCUT2D eigenvalue weighted by atomic mass is 9.96. The van der Waals surface area contributed by atoms with E-state index in [0.29, 0.717) is 6.54 Å². The van der Waals surface area contributed by atoms with Crippen LogP contribution in [-0.4, -0.2) is 74.9 Å². The topological polar surface area (TPSA) is 90.5 Å². The van der Waals surface area contributed by atoms with E-state index in [1.807, 2.05) is 13.8 Å². The first-order valence-electron chi connectivity index (χ1n) is 11.0. The third-order valence-corrected chi connectivity index (χ3v) is 7.39. The zero-order chi connectivity index (χ0) is 20.9.